The normalized spacial score (nSPS) is 10.9. The fourth-order valence-electron chi connectivity index (χ4n) is 3.05. The molecule has 0 atom stereocenters. The summed E-state index contributed by atoms with van der Waals surface area (Å²) in [5.74, 6) is 0.999. The van der Waals surface area contributed by atoms with Gasteiger partial charge in [0.15, 0.2) is 11.0 Å². The van der Waals surface area contributed by atoms with Crippen LogP contribution in [0.15, 0.2) is 58.2 Å². The number of benzene rings is 2. The predicted octanol–water partition coefficient (Wildman–Crippen LogP) is 4.84. The van der Waals surface area contributed by atoms with Gasteiger partial charge in [-0.25, -0.2) is 0 Å². The lowest BCUT2D eigenvalue weighted by Gasteiger charge is -2.10. The third kappa shape index (κ3) is 6.20. The van der Waals surface area contributed by atoms with Crippen molar-refractivity contribution >= 4 is 45.2 Å². The van der Waals surface area contributed by atoms with E-state index in [4.69, 9.17) is 0 Å². The van der Waals surface area contributed by atoms with Gasteiger partial charge in [-0.1, -0.05) is 49.9 Å². The number of aromatic nitrogens is 3. The van der Waals surface area contributed by atoms with Crippen LogP contribution >= 0.6 is 27.7 Å². The van der Waals surface area contributed by atoms with E-state index in [9.17, 15) is 9.59 Å². The minimum absolute atomic E-state index is 0.110. The molecule has 0 spiro atoms. The lowest BCUT2D eigenvalue weighted by atomic mass is 10.0. The number of carbonyl (C=O) groups is 2. The maximum absolute atomic E-state index is 12.4. The van der Waals surface area contributed by atoms with Crippen molar-refractivity contribution in [2.75, 3.05) is 11.1 Å². The van der Waals surface area contributed by atoms with Gasteiger partial charge in [0.25, 0.3) is 5.91 Å². The third-order valence-corrected chi connectivity index (χ3v) is 6.49. The number of nitrogens with zero attached hydrogens (tertiary/aromatic N) is 3. The molecule has 1 heterocycles. The molecule has 0 radical (unpaired) electrons. The molecule has 7 nitrogen and oxygen atoms in total. The fourth-order valence-corrected chi connectivity index (χ4v) is 4.34. The molecule has 0 saturated heterocycles. The summed E-state index contributed by atoms with van der Waals surface area (Å²) in [5.41, 5.74) is 2.56. The van der Waals surface area contributed by atoms with Crippen LogP contribution in [0.4, 0.5) is 5.69 Å². The Morgan fingerprint density at radius 1 is 1.09 bits per heavy atom. The highest BCUT2D eigenvalue weighted by Crippen LogP contribution is 2.20. The molecule has 1 aromatic heterocycles. The van der Waals surface area contributed by atoms with E-state index in [2.05, 4.69) is 50.6 Å². The Bertz CT molecular complexity index is 1080. The molecule has 2 N–H and O–H groups in total. The van der Waals surface area contributed by atoms with Crippen LogP contribution in [-0.2, 0) is 17.9 Å². The van der Waals surface area contributed by atoms with E-state index in [1.807, 2.05) is 54.0 Å². The van der Waals surface area contributed by atoms with Crippen LogP contribution < -0.4 is 10.6 Å². The number of nitrogens with one attached hydrogen (secondary N) is 2. The van der Waals surface area contributed by atoms with Crippen molar-refractivity contribution in [2.24, 2.45) is 0 Å². The summed E-state index contributed by atoms with van der Waals surface area (Å²) >= 11 is 4.71. The average molecular weight is 516 g/mol. The Balaban J connectivity index is 1.55. The monoisotopic (exact) mass is 515 g/mol. The number of hydrogen-bond donors (Lipinski definition) is 2. The van der Waals surface area contributed by atoms with E-state index in [0.29, 0.717) is 29.0 Å². The largest absolute Gasteiger partial charge is 0.345 e. The topological polar surface area (TPSA) is 88.9 Å². The molecule has 3 rings (SSSR count). The molecule has 0 unspecified atom stereocenters. The van der Waals surface area contributed by atoms with Gasteiger partial charge < -0.3 is 15.2 Å². The number of amides is 2. The number of carbonyl (C=O) groups excluding carboxylic acids is 2. The Morgan fingerprint density at radius 2 is 1.81 bits per heavy atom. The summed E-state index contributed by atoms with van der Waals surface area (Å²) in [6.45, 7) is 7.12. The minimum Gasteiger partial charge on any atom is -0.345 e. The van der Waals surface area contributed by atoms with E-state index >= 15 is 0 Å². The van der Waals surface area contributed by atoms with Gasteiger partial charge in [0.05, 0.1) is 17.9 Å². The zero-order chi connectivity index (χ0) is 23.1. The van der Waals surface area contributed by atoms with Crippen LogP contribution in [0.1, 0.15) is 48.4 Å². The zero-order valence-electron chi connectivity index (χ0n) is 18.3. The summed E-state index contributed by atoms with van der Waals surface area (Å²) in [6, 6.07) is 15.1. The Morgan fingerprint density at radius 3 is 2.47 bits per heavy atom. The summed E-state index contributed by atoms with van der Waals surface area (Å²) in [5, 5.41) is 14.8. The van der Waals surface area contributed by atoms with Crippen LogP contribution in [-0.4, -0.2) is 32.3 Å². The van der Waals surface area contributed by atoms with Gasteiger partial charge in [-0.3, -0.25) is 9.59 Å². The van der Waals surface area contributed by atoms with Crippen LogP contribution in [0.5, 0.6) is 0 Å². The molecule has 0 saturated carbocycles. The lowest BCUT2D eigenvalue weighted by Crippen LogP contribution is -2.25. The van der Waals surface area contributed by atoms with E-state index in [1.165, 1.54) is 17.3 Å². The summed E-state index contributed by atoms with van der Waals surface area (Å²) in [6.07, 6.45) is 0. The lowest BCUT2D eigenvalue weighted by molar-refractivity contribution is -0.113. The molecule has 9 heteroatoms. The quantitative estimate of drug-likeness (QED) is 0.397. The highest BCUT2D eigenvalue weighted by molar-refractivity contribution is 9.10. The van der Waals surface area contributed by atoms with Gasteiger partial charge in [-0.05, 0) is 58.6 Å². The molecule has 2 amide bonds. The van der Waals surface area contributed by atoms with Crippen molar-refractivity contribution in [3.05, 3.63) is 70.0 Å². The molecule has 0 bridgehead atoms. The first-order valence-electron chi connectivity index (χ1n) is 10.4. The summed E-state index contributed by atoms with van der Waals surface area (Å²) < 4.78 is 2.63. The molecule has 2 aromatic carbocycles. The van der Waals surface area contributed by atoms with Crippen molar-refractivity contribution in [3.63, 3.8) is 0 Å². The molecule has 0 fully saturated rings. The van der Waals surface area contributed by atoms with Crippen molar-refractivity contribution < 1.29 is 9.59 Å². The Kier molecular flexibility index (Phi) is 8.46. The fraction of sp³-hybridized carbons (Fsp3) is 0.304. The molecule has 3 aromatic rings. The van der Waals surface area contributed by atoms with Crippen LogP contribution in [0, 0.1) is 0 Å². The maximum Gasteiger partial charge on any atom is 0.252 e. The SMILES string of the molecule is CCn1c(CNC(=O)c2ccccc2Br)nnc1SCC(=O)Nc1ccc(C(C)C)cc1. The molecular formula is C23H26BrN5O2S. The molecule has 0 aliphatic rings. The molecule has 0 aliphatic carbocycles. The van der Waals surface area contributed by atoms with Gasteiger partial charge in [-0.15, -0.1) is 10.2 Å². The van der Waals surface area contributed by atoms with E-state index < -0.39 is 0 Å². The Hall–Kier alpha value is -2.65. The zero-order valence-corrected chi connectivity index (χ0v) is 20.7. The minimum atomic E-state index is -0.194. The molecule has 32 heavy (non-hydrogen) atoms. The molecular weight excluding hydrogens is 490 g/mol. The maximum atomic E-state index is 12.4. The number of thioether (sulfide) groups is 1. The van der Waals surface area contributed by atoms with Crippen LogP contribution in [0.2, 0.25) is 0 Å². The second-order valence-corrected chi connectivity index (χ2v) is 9.22. The second-order valence-electron chi connectivity index (χ2n) is 7.42. The van der Waals surface area contributed by atoms with Gasteiger partial charge in [-0.2, -0.15) is 0 Å². The third-order valence-electron chi connectivity index (χ3n) is 4.83. The standard InChI is InChI=1S/C23H26BrN5O2S/c1-4-29-20(13-25-22(31)18-7-5-6-8-19(18)24)27-28-23(29)32-14-21(30)26-17-11-9-16(10-12-17)15(2)3/h5-12,15H,4,13-14H2,1-3H3,(H,25,31)(H,26,30). The van der Waals surface area contributed by atoms with Crippen molar-refractivity contribution in [3.8, 4) is 0 Å². The second kappa shape index (κ2) is 11.3. The number of rotatable bonds is 9. The number of anilines is 1. The van der Waals surface area contributed by atoms with E-state index in [1.54, 1.807) is 6.07 Å². The first kappa shape index (κ1) is 24.0. The first-order chi connectivity index (χ1) is 15.4. The predicted molar refractivity (Wildman–Crippen MR) is 131 cm³/mol. The van der Waals surface area contributed by atoms with Crippen molar-refractivity contribution in [2.45, 2.75) is 44.9 Å². The van der Waals surface area contributed by atoms with E-state index in [0.717, 1.165) is 10.2 Å². The Labute approximate surface area is 200 Å². The first-order valence-corrected chi connectivity index (χ1v) is 12.1. The van der Waals surface area contributed by atoms with Gasteiger partial charge in [0.2, 0.25) is 5.91 Å². The number of halogens is 1. The average Bonchev–Trinajstić information content (AvgIpc) is 3.18. The number of hydrogen-bond acceptors (Lipinski definition) is 5. The van der Waals surface area contributed by atoms with Crippen molar-refractivity contribution in [1.29, 1.82) is 0 Å². The van der Waals surface area contributed by atoms with E-state index in [-0.39, 0.29) is 24.1 Å². The highest BCUT2D eigenvalue weighted by Gasteiger charge is 2.15. The highest BCUT2D eigenvalue weighted by atomic mass is 79.9. The molecule has 0 aliphatic heterocycles. The van der Waals surface area contributed by atoms with Crippen LogP contribution in [0.3, 0.4) is 0 Å². The molecule has 168 valence electrons. The van der Waals surface area contributed by atoms with Crippen molar-refractivity contribution in [1.82, 2.24) is 20.1 Å². The van der Waals surface area contributed by atoms with Gasteiger partial charge in [0.1, 0.15) is 0 Å². The smallest absolute Gasteiger partial charge is 0.252 e. The summed E-state index contributed by atoms with van der Waals surface area (Å²) in [7, 11) is 0. The van der Waals surface area contributed by atoms with Gasteiger partial charge >= 0.3 is 0 Å². The van der Waals surface area contributed by atoms with Crippen LogP contribution in [0.25, 0.3) is 0 Å². The summed E-state index contributed by atoms with van der Waals surface area (Å²) in [4.78, 5) is 24.8. The van der Waals surface area contributed by atoms with Gasteiger partial charge in [0, 0.05) is 16.7 Å².